The van der Waals surface area contributed by atoms with E-state index in [4.69, 9.17) is 4.74 Å². The molecule has 1 amide bonds. The molecule has 128 valence electrons. The number of carbonyl (C=O) groups is 1. The molecule has 2 N–H and O–H groups in total. The molecule has 0 saturated heterocycles. The normalized spacial score (nSPS) is 10.3. The zero-order chi connectivity index (χ0) is 17.5. The first-order valence-corrected chi connectivity index (χ1v) is 8.34. The van der Waals surface area contributed by atoms with Crippen LogP contribution in [0.25, 0.3) is 0 Å². The second-order valence-electron chi connectivity index (χ2n) is 5.93. The summed E-state index contributed by atoms with van der Waals surface area (Å²) in [5, 5.41) is 6.29. The van der Waals surface area contributed by atoms with E-state index in [1.165, 1.54) is 16.7 Å². The molecule has 0 radical (unpaired) electrons. The second kappa shape index (κ2) is 8.39. The van der Waals surface area contributed by atoms with Crippen molar-refractivity contribution in [1.29, 1.82) is 0 Å². The fraction of sp³-hybridized carbons (Fsp3) is 0.350. The number of hydrogen-bond donors (Lipinski definition) is 2. The Morgan fingerprint density at radius 2 is 1.75 bits per heavy atom. The van der Waals surface area contributed by atoms with Crippen LogP contribution in [0.15, 0.2) is 36.4 Å². The monoisotopic (exact) mass is 326 g/mol. The Labute approximate surface area is 144 Å². The first kappa shape index (κ1) is 17.9. The third-order valence-corrected chi connectivity index (χ3v) is 3.79. The quantitative estimate of drug-likeness (QED) is 0.790. The van der Waals surface area contributed by atoms with Crippen LogP contribution in [0, 0.1) is 20.8 Å². The Morgan fingerprint density at radius 1 is 1.08 bits per heavy atom. The third kappa shape index (κ3) is 4.75. The molecule has 0 spiro atoms. The van der Waals surface area contributed by atoms with Crippen LogP contribution in [0.4, 0.5) is 11.4 Å². The summed E-state index contributed by atoms with van der Waals surface area (Å²) in [7, 11) is 0. The van der Waals surface area contributed by atoms with Gasteiger partial charge >= 0.3 is 0 Å². The van der Waals surface area contributed by atoms with Gasteiger partial charge in [-0.25, -0.2) is 0 Å². The molecule has 0 heterocycles. The van der Waals surface area contributed by atoms with E-state index >= 15 is 0 Å². The molecule has 0 unspecified atom stereocenters. The molecule has 2 rings (SSSR count). The average molecular weight is 326 g/mol. The van der Waals surface area contributed by atoms with E-state index in [0.29, 0.717) is 31.0 Å². The van der Waals surface area contributed by atoms with Gasteiger partial charge in [0.15, 0.2) is 0 Å². The van der Waals surface area contributed by atoms with Crippen molar-refractivity contribution in [3.8, 4) is 5.75 Å². The number of nitrogens with one attached hydrogen (secondary N) is 2. The molecule has 4 heteroatoms. The number of amides is 1. The second-order valence-corrected chi connectivity index (χ2v) is 5.93. The van der Waals surface area contributed by atoms with Gasteiger partial charge in [0.25, 0.3) is 0 Å². The molecule has 0 saturated carbocycles. The molecule has 0 aliphatic rings. The summed E-state index contributed by atoms with van der Waals surface area (Å²) in [4.78, 5) is 12.2. The zero-order valence-electron chi connectivity index (χ0n) is 14.9. The summed E-state index contributed by atoms with van der Waals surface area (Å²) in [5.74, 6) is 0.670. The van der Waals surface area contributed by atoms with Gasteiger partial charge in [0.05, 0.1) is 12.3 Å². The molecule has 2 aromatic carbocycles. The number of benzene rings is 2. The van der Waals surface area contributed by atoms with E-state index in [1.54, 1.807) is 0 Å². The highest BCUT2D eigenvalue weighted by atomic mass is 16.5. The standard InChI is InChI=1S/C20H26N2O2/c1-5-24-18-9-7-6-8-17(18)22-19(23)10-11-21-20-15(3)12-14(2)13-16(20)4/h6-9,12-13,21H,5,10-11H2,1-4H3,(H,22,23). The number of carbonyl (C=O) groups excluding carboxylic acids is 1. The number of para-hydroxylation sites is 2. The Hall–Kier alpha value is -2.49. The van der Waals surface area contributed by atoms with Crippen molar-refractivity contribution < 1.29 is 9.53 Å². The van der Waals surface area contributed by atoms with Crippen LogP contribution in [0.5, 0.6) is 5.75 Å². The fourth-order valence-corrected chi connectivity index (χ4v) is 2.82. The van der Waals surface area contributed by atoms with Crippen molar-refractivity contribution in [2.24, 2.45) is 0 Å². The summed E-state index contributed by atoms with van der Waals surface area (Å²) >= 11 is 0. The van der Waals surface area contributed by atoms with E-state index in [-0.39, 0.29) is 5.91 Å². The van der Waals surface area contributed by atoms with Gasteiger partial charge in [-0.15, -0.1) is 0 Å². The summed E-state index contributed by atoms with van der Waals surface area (Å²) in [6, 6.07) is 11.8. The summed E-state index contributed by atoms with van der Waals surface area (Å²) in [6.45, 7) is 9.34. The van der Waals surface area contributed by atoms with Gasteiger partial charge in [0.1, 0.15) is 5.75 Å². The van der Waals surface area contributed by atoms with Gasteiger partial charge in [-0.1, -0.05) is 29.8 Å². The van der Waals surface area contributed by atoms with Crippen LogP contribution < -0.4 is 15.4 Å². The Bertz CT molecular complexity index is 688. The fourth-order valence-electron chi connectivity index (χ4n) is 2.82. The molecule has 24 heavy (non-hydrogen) atoms. The minimum atomic E-state index is -0.0305. The SMILES string of the molecule is CCOc1ccccc1NC(=O)CCNc1c(C)cc(C)cc1C. The summed E-state index contributed by atoms with van der Waals surface area (Å²) in [6.07, 6.45) is 0.396. The first-order chi connectivity index (χ1) is 11.5. The highest BCUT2D eigenvalue weighted by Crippen LogP contribution is 2.24. The van der Waals surface area contributed by atoms with Crippen molar-refractivity contribution in [2.45, 2.75) is 34.1 Å². The van der Waals surface area contributed by atoms with E-state index in [9.17, 15) is 4.79 Å². The highest BCUT2D eigenvalue weighted by molar-refractivity contribution is 5.92. The number of aryl methyl sites for hydroxylation is 3. The van der Waals surface area contributed by atoms with E-state index in [0.717, 1.165) is 5.69 Å². The van der Waals surface area contributed by atoms with E-state index in [1.807, 2.05) is 31.2 Å². The molecular formula is C20H26N2O2. The highest BCUT2D eigenvalue weighted by Gasteiger charge is 2.08. The van der Waals surface area contributed by atoms with Crippen LogP contribution in [-0.2, 0) is 4.79 Å². The van der Waals surface area contributed by atoms with Crippen molar-refractivity contribution in [2.75, 3.05) is 23.8 Å². The Kier molecular flexibility index (Phi) is 6.24. The number of ether oxygens (including phenoxy) is 1. The lowest BCUT2D eigenvalue weighted by Crippen LogP contribution is -2.17. The first-order valence-electron chi connectivity index (χ1n) is 8.34. The van der Waals surface area contributed by atoms with E-state index in [2.05, 4.69) is 43.5 Å². The maximum atomic E-state index is 12.2. The Balaban J connectivity index is 1.91. The maximum absolute atomic E-state index is 12.2. The largest absolute Gasteiger partial charge is 0.492 e. The molecule has 0 aliphatic heterocycles. The van der Waals surface area contributed by atoms with Crippen LogP contribution >= 0.6 is 0 Å². The van der Waals surface area contributed by atoms with Crippen LogP contribution in [0.1, 0.15) is 30.0 Å². The predicted octanol–water partition coefficient (Wildman–Crippen LogP) is 4.45. The van der Waals surface area contributed by atoms with Gasteiger partial charge in [-0.05, 0) is 51.0 Å². The lowest BCUT2D eigenvalue weighted by Gasteiger charge is -2.14. The molecule has 4 nitrogen and oxygen atoms in total. The molecular weight excluding hydrogens is 300 g/mol. The summed E-state index contributed by atoms with van der Waals surface area (Å²) < 4.78 is 5.52. The van der Waals surface area contributed by atoms with Gasteiger partial charge in [0, 0.05) is 18.7 Å². The lowest BCUT2D eigenvalue weighted by molar-refractivity contribution is -0.116. The lowest BCUT2D eigenvalue weighted by atomic mass is 10.1. The third-order valence-electron chi connectivity index (χ3n) is 3.79. The minimum absolute atomic E-state index is 0.0305. The number of anilines is 2. The van der Waals surface area contributed by atoms with Gasteiger partial charge in [-0.2, -0.15) is 0 Å². The predicted molar refractivity (Wildman–Crippen MR) is 100 cm³/mol. The topological polar surface area (TPSA) is 50.4 Å². The van der Waals surface area contributed by atoms with Crippen molar-refractivity contribution in [3.63, 3.8) is 0 Å². The molecule has 2 aromatic rings. The number of hydrogen-bond acceptors (Lipinski definition) is 3. The molecule has 0 atom stereocenters. The van der Waals surface area contributed by atoms with Crippen molar-refractivity contribution >= 4 is 17.3 Å². The molecule has 0 aromatic heterocycles. The van der Waals surface area contributed by atoms with Crippen LogP contribution in [0.2, 0.25) is 0 Å². The van der Waals surface area contributed by atoms with Crippen molar-refractivity contribution in [3.05, 3.63) is 53.1 Å². The zero-order valence-corrected chi connectivity index (χ0v) is 14.9. The van der Waals surface area contributed by atoms with Crippen LogP contribution in [0.3, 0.4) is 0 Å². The number of rotatable bonds is 7. The minimum Gasteiger partial charge on any atom is -0.492 e. The average Bonchev–Trinajstić information content (AvgIpc) is 2.52. The van der Waals surface area contributed by atoms with Gasteiger partial charge in [0.2, 0.25) is 5.91 Å². The van der Waals surface area contributed by atoms with E-state index < -0.39 is 0 Å². The Morgan fingerprint density at radius 3 is 2.42 bits per heavy atom. The van der Waals surface area contributed by atoms with Crippen LogP contribution in [-0.4, -0.2) is 19.1 Å². The molecule has 0 fully saturated rings. The van der Waals surface area contributed by atoms with Gasteiger partial charge in [-0.3, -0.25) is 4.79 Å². The van der Waals surface area contributed by atoms with Gasteiger partial charge < -0.3 is 15.4 Å². The van der Waals surface area contributed by atoms with Crippen molar-refractivity contribution in [1.82, 2.24) is 0 Å². The molecule has 0 bridgehead atoms. The smallest absolute Gasteiger partial charge is 0.226 e. The molecule has 0 aliphatic carbocycles. The maximum Gasteiger partial charge on any atom is 0.226 e. The summed E-state index contributed by atoms with van der Waals surface area (Å²) in [5.41, 5.74) is 5.49.